The number of rotatable bonds is 4. The molecule has 0 radical (unpaired) electrons. The molecule has 0 spiro atoms. The first-order chi connectivity index (χ1) is 27.4. The summed E-state index contributed by atoms with van der Waals surface area (Å²) in [5.41, 5.74) is 5.23. The van der Waals surface area contributed by atoms with E-state index in [1.54, 1.807) is 23.5 Å². The van der Waals surface area contributed by atoms with Gasteiger partial charge in [0.2, 0.25) is 5.95 Å². The van der Waals surface area contributed by atoms with E-state index in [9.17, 15) is 0 Å². The van der Waals surface area contributed by atoms with Crippen molar-refractivity contribution in [2.24, 2.45) is 0 Å². The van der Waals surface area contributed by atoms with Crippen LogP contribution in [0.15, 0.2) is 162 Å². The van der Waals surface area contributed by atoms with Gasteiger partial charge in [0, 0.05) is 52.8 Å². The van der Waals surface area contributed by atoms with Crippen molar-refractivity contribution in [1.82, 2.24) is 19.5 Å². The highest BCUT2D eigenvalue weighted by Crippen LogP contribution is 2.43. The topological polar surface area (TPSA) is 56.7 Å². The Morgan fingerprint density at radius 3 is 2.18 bits per heavy atom. The van der Waals surface area contributed by atoms with Crippen LogP contribution in [-0.4, -0.2) is 19.5 Å². The van der Waals surface area contributed by atoms with Crippen LogP contribution in [0.25, 0.3) is 104 Å². The smallest absolute Gasteiger partial charge is 0.238 e. The van der Waals surface area contributed by atoms with E-state index in [0.717, 1.165) is 32.8 Å². The van der Waals surface area contributed by atoms with Gasteiger partial charge in [0.25, 0.3) is 0 Å². The molecule has 4 aromatic heterocycles. The average molecular weight is 676 g/mol. The Labute approximate surface area is 302 Å². The minimum Gasteiger partial charge on any atom is -0.456 e. The molecule has 0 aliphatic rings. The van der Waals surface area contributed by atoms with Crippen molar-refractivity contribution in [3.63, 3.8) is 0 Å². The van der Waals surface area contributed by atoms with E-state index in [2.05, 4.69) is 59.2 Å². The van der Waals surface area contributed by atoms with Crippen molar-refractivity contribution in [3.8, 4) is 39.9 Å². The Balaban J connectivity index is 1.15. The molecule has 5 nitrogen and oxygen atoms in total. The van der Waals surface area contributed by atoms with Crippen LogP contribution in [0, 0.1) is 0 Å². The maximum atomic E-state index is 8.66. The summed E-state index contributed by atoms with van der Waals surface area (Å²) < 4.78 is 53.0. The third-order valence-corrected chi connectivity index (χ3v) is 10.8. The molecule has 0 aliphatic carbocycles. The van der Waals surface area contributed by atoms with Crippen molar-refractivity contribution in [2.45, 2.75) is 0 Å². The number of para-hydroxylation sites is 1. The van der Waals surface area contributed by atoms with Gasteiger partial charge in [-0.3, -0.25) is 4.57 Å². The summed E-state index contributed by atoms with van der Waals surface area (Å²) in [5, 5.41) is 6.12. The molecule has 0 bridgehead atoms. The molecule has 0 fully saturated rings. The van der Waals surface area contributed by atoms with Crippen LogP contribution in [-0.2, 0) is 0 Å². The lowest BCUT2D eigenvalue weighted by Gasteiger charge is -2.11. The van der Waals surface area contributed by atoms with E-state index in [4.69, 9.17) is 26.2 Å². The number of hydrogen-bond donors (Lipinski definition) is 0. The molecule has 0 unspecified atom stereocenters. The lowest BCUT2D eigenvalue weighted by Crippen LogP contribution is -2.06. The lowest BCUT2D eigenvalue weighted by molar-refractivity contribution is 0.669. The van der Waals surface area contributed by atoms with Crippen LogP contribution < -0.4 is 0 Å². The normalized spacial score (nSPS) is 13.3. The molecule has 11 rings (SSSR count). The number of hydrogen-bond acceptors (Lipinski definition) is 5. The van der Waals surface area contributed by atoms with Crippen LogP contribution >= 0.6 is 11.3 Å². The third kappa shape index (κ3) is 4.30. The molecule has 0 atom stereocenters. The third-order valence-electron chi connectivity index (χ3n) is 9.56. The van der Waals surface area contributed by atoms with Gasteiger partial charge in [-0.15, -0.1) is 11.3 Å². The van der Waals surface area contributed by atoms with Gasteiger partial charge in [0.1, 0.15) is 11.2 Å². The quantitative estimate of drug-likeness (QED) is 0.186. The Morgan fingerprint density at radius 1 is 0.529 bits per heavy atom. The van der Waals surface area contributed by atoms with Gasteiger partial charge in [0.15, 0.2) is 11.6 Å². The second-order valence-electron chi connectivity index (χ2n) is 12.4. The predicted octanol–water partition coefficient (Wildman–Crippen LogP) is 12.2. The standard InChI is InChI=1S/C45H26N4OS/c1-3-12-27(13-4-1)30-18-11-20-37-40(30)34-23-22-29(26-38(34)50-37)44-46-43(28-14-5-2-6-15-28)47-45(48-44)49-35-19-9-7-17-33(35)41-36(49)25-24-32-31-16-8-10-21-39(31)51-42(32)41/h1-26H/i1D,3D,4D,12D,13D. The van der Waals surface area contributed by atoms with Gasteiger partial charge >= 0.3 is 0 Å². The number of nitrogens with zero attached hydrogens (tertiary/aromatic N) is 4. The SMILES string of the molecule is [2H]c1c([2H])c([2H])c(-c2cccc3oc4cc(-c5nc(-c6ccccc6)nc(-n6c7ccccc7c7c8sc9ccccc9c8ccc76)n5)ccc4c23)c([2H])c1[2H]. The van der Waals surface area contributed by atoms with Crippen molar-refractivity contribution >= 4 is 75.3 Å². The maximum Gasteiger partial charge on any atom is 0.238 e. The average Bonchev–Trinajstić information content (AvgIpc) is 3.92. The number of furan rings is 1. The molecular weight excluding hydrogens is 645 g/mol. The van der Waals surface area contributed by atoms with E-state index in [1.807, 2.05) is 60.7 Å². The zero-order chi connectivity index (χ0) is 37.8. The van der Waals surface area contributed by atoms with Crippen LogP contribution in [0.1, 0.15) is 6.85 Å². The Hall–Kier alpha value is -6.63. The van der Waals surface area contributed by atoms with Gasteiger partial charge in [-0.1, -0.05) is 121 Å². The van der Waals surface area contributed by atoms with E-state index < -0.39 is 6.04 Å². The summed E-state index contributed by atoms with van der Waals surface area (Å²) in [4.78, 5) is 15.3. The van der Waals surface area contributed by atoms with Crippen LogP contribution in [0.4, 0.5) is 0 Å². The maximum absolute atomic E-state index is 8.66. The zero-order valence-electron chi connectivity index (χ0n) is 31.7. The number of thiophene rings is 1. The van der Waals surface area contributed by atoms with Crippen LogP contribution in [0.2, 0.25) is 0 Å². The first-order valence-corrected chi connectivity index (χ1v) is 17.4. The monoisotopic (exact) mass is 675 g/mol. The first-order valence-electron chi connectivity index (χ1n) is 19.0. The van der Waals surface area contributed by atoms with Gasteiger partial charge in [-0.2, -0.15) is 9.97 Å². The molecule has 0 aliphatic heterocycles. The molecular formula is C45H26N4OS. The van der Waals surface area contributed by atoms with Gasteiger partial charge < -0.3 is 4.42 Å². The van der Waals surface area contributed by atoms with E-state index in [1.165, 1.54) is 20.2 Å². The summed E-state index contributed by atoms with van der Waals surface area (Å²) in [6.07, 6.45) is 0. The Bertz CT molecular complexity index is 3420. The van der Waals surface area contributed by atoms with E-state index in [-0.39, 0.29) is 29.7 Å². The summed E-state index contributed by atoms with van der Waals surface area (Å²) in [6.45, 7) is 0. The first kappa shape index (κ1) is 23.7. The summed E-state index contributed by atoms with van der Waals surface area (Å²) in [5.74, 6) is 1.46. The van der Waals surface area contributed by atoms with Crippen molar-refractivity contribution in [1.29, 1.82) is 0 Å². The van der Waals surface area contributed by atoms with Gasteiger partial charge in [-0.25, -0.2) is 4.98 Å². The highest BCUT2D eigenvalue weighted by molar-refractivity contribution is 7.26. The second-order valence-corrected chi connectivity index (χ2v) is 13.5. The van der Waals surface area contributed by atoms with E-state index in [0.29, 0.717) is 45.3 Å². The van der Waals surface area contributed by atoms with Gasteiger partial charge in [0.05, 0.1) is 17.9 Å². The molecule has 0 N–H and O–H groups in total. The molecule has 51 heavy (non-hydrogen) atoms. The summed E-state index contributed by atoms with van der Waals surface area (Å²) in [6, 6.07) is 40.5. The largest absolute Gasteiger partial charge is 0.456 e. The highest BCUT2D eigenvalue weighted by atomic mass is 32.1. The van der Waals surface area contributed by atoms with Crippen molar-refractivity contribution < 1.29 is 11.3 Å². The lowest BCUT2D eigenvalue weighted by atomic mass is 9.99. The Kier molecular flexibility index (Phi) is 5.08. The molecule has 238 valence electrons. The Morgan fingerprint density at radius 2 is 1.29 bits per heavy atom. The van der Waals surface area contributed by atoms with Crippen LogP contribution in [0.3, 0.4) is 0 Å². The molecule has 11 aromatic rings. The fraction of sp³-hybridized carbons (Fsp3) is 0. The summed E-state index contributed by atoms with van der Waals surface area (Å²) in [7, 11) is 0. The highest BCUT2D eigenvalue weighted by Gasteiger charge is 2.21. The van der Waals surface area contributed by atoms with Crippen LogP contribution in [0.5, 0.6) is 0 Å². The van der Waals surface area contributed by atoms with Gasteiger partial charge in [-0.05, 0) is 47.5 Å². The number of fused-ring (bicyclic) bond motifs is 10. The minimum absolute atomic E-state index is 0.127. The fourth-order valence-electron chi connectivity index (χ4n) is 7.32. The molecule has 0 saturated carbocycles. The molecule has 6 heteroatoms. The van der Waals surface area contributed by atoms with E-state index >= 15 is 0 Å². The molecule has 0 amide bonds. The van der Waals surface area contributed by atoms with Crippen molar-refractivity contribution in [3.05, 3.63) is 158 Å². The zero-order valence-corrected chi connectivity index (χ0v) is 27.5. The number of benzene rings is 7. The predicted molar refractivity (Wildman–Crippen MR) is 211 cm³/mol. The molecule has 4 heterocycles. The number of aromatic nitrogens is 4. The minimum atomic E-state index is -0.432. The molecule has 7 aromatic carbocycles. The fourth-order valence-corrected chi connectivity index (χ4v) is 8.58. The summed E-state index contributed by atoms with van der Waals surface area (Å²) >= 11 is 1.80. The second kappa shape index (κ2) is 10.9. The van der Waals surface area contributed by atoms with Crippen molar-refractivity contribution in [2.75, 3.05) is 0 Å². The molecule has 0 saturated heterocycles.